The van der Waals surface area contributed by atoms with Crippen molar-refractivity contribution < 1.29 is 9.18 Å². The number of pyridine rings is 1. The van der Waals surface area contributed by atoms with Crippen molar-refractivity contribution in [2.45, 2.75) is 6.54 Å². The highest BCUT2D eigenvalue weighted by Crippen LogP contribution is 2.07. The number of benzene rings is 1. The second-order valence-corrected chi connectivity index (χ2v) is 4.54. The first-order chi connectivity index (χ1) is 9.58. The van der Waals surface area contributed by atoms with Gasteiger partial charge in [-0.25, -0.2) is 4.39 Å². The van der Waals surface area contributed by atoms with E-state index in [1.165, 1.54) is 12.3 Å². The smallest absolute Gasteiger partial charge is 0.254 e. The number of amides is 1. The molecule has 0 saturated heterocycles. The minimum absolute atomic E-state index is 0.0280. The third kappa shape index (κ3) is 3.36. The number of hydrogen-bond donors (Lipinski definition) is 2. The molecule has 0 unspecified atom stereocenters. The quantitative estimate of drug-likeness (QED) is 0.842. The van der Waals surface area contributed by atoms with Crippen molar-refractivity contribution in [2.24, 2.45) is 5.73 Å². The maximum Gasteiger partial charge on any atom is 0.254 e. The van der Waals surface area contributed by atoms with E-state index in [4.69, 9.17) is 18.0 Å². The second kappa shape index (κ2) is 6.21. The van der Waals surface area contributed by atoms with Gasteiger partial charge in [0.1, 0.15) is 4.99 Å². The molecule has 0 atom stereocenters. The fraction of sp³-hybridized carbons (Fsp3) is 0.0714. The molecule has 0 aliphatic carbocycles. The maximum absolute atomic E-state index is 13.4. The number of halogens is 1. The lowest BCUT2D eigenvalue weighted by Crippen LogP contribution is -2.24. The second-order valence-electron chi connectivity index (χ2n) is 4.10. The Morgan fingerprint density at radius 2 is 2.00 bits per heavy atom. The number of nitrogens with zero attached hydrogens (tertiary/aromatic N) is 1. The van der Waals surface area contributed by atoms with E-state index in [0.29, 0.717) is 4.99 Å². The molecule has 0 bridgehead atoms. The van der Waals surface area contributed by atoms with E-state index in [9.17, 15) is 9.18 Å². The van der Waals surface area contributed by atoms with Crippen molar-refractivity contribution in [2.75, 3.05) is 0 Å². The van der Waals surface area contributed by atoms with Crippen molar-refractivity contribution in [3.05, 3.63) is 65.2 Å². The van der Waals surface area contributed by atoms with E-state index in [1.54, 1.807) is 24.3 Å². The highest BCUT2D eigenvalue weighted by Gasteiger charge is 2.10. The largest absolute Gasteiger partial charge is 0.389 e. The van der Waals surface area contributed by atoms with Crippen LogP contribution in [-0.4, -0.2) is 15.9 Å². The maximum atomic E-state index is 13.4. The van der Waals surface area contributed by atoms with Crippen molar-refractivity contribution in [3.63, 3.8) is 0 Å². The van der Waals surface area contributed by atoms with Crippen LogP contribution < -0.4 is 11.1 Å². The molecular weight excluding hydrogens is 277 g/mol. The van der Waals surface area contributed by atoms with E-state index in [0.717, 1.165) is 17.3 Å². The predicted octanol–water partition coefficient (Wildman–Crippen LogP) is 1.78. The van der Waals surface area contributed by atoms with Crippen molar-refractivity contribution in [1.82, 2.24) is 10.3 Å². The van der Waals surface area contributed by atoms with Crippen LogP contribution in [0.5, 0.6) is 0 Å². The standard InChI is InChI=1S/C14H12FN3OS/c15-12-8-17-6-5-11(12)14(19)18-7-9-1-3-10(4-2-9)13(16)20/h1-6,8H,7H2,(H2,16,20)(H,18,19). The van der Waals surface area contributed by atoms with Gasteiger partial charge in [0.15, 0.2) is 5.82 Å². The first-order valence-electron chi connectivity index (χ1n) is 5.84. The molecule has 2 aromatic rings. The fourth-order valence-corrected chi connectivity index (χ4v) is 1.76. The molecule has 1 aromatic heterocycles. The Labute approximate surface area is 120 Å². The summed E-state index contributed by atoms with van der Waals surface area (Å²) in [6.07, 6.45) is 2.38. The summed E-state index contributed by atoms with van der Waals surface area (Å²) in [5.74, 6) is -1.13. The lowest BCUT2D eigenvalue weighted by molar-refractivity contribution is 0.0946. The molecule has 0 aliphatic rings. The summed E-state index contributed by atoms with van der Waals surface area (Å²) < 4.78 is 13.4. The Balaban J connectivity index is 2.00. The van der Waals surface area contributed by atoms with Gasteiger partial charge in [0.05, 0.1) is 11.8 Å². The number of hydrogen-bond acceptors (Lipinski definition) is 3. The molecule has 0 aliphatic heterocycles. The van der Waals surface area contributed by atoms with Crippen LogP contribution in [-0.2, 0) is 6.54 Å². The van der Waals surface area contributed by atoms with Crippen LogP contribution in [0.4, 0.5) is 4.39 Å². The van der Waals surface area contributed by atoms with Crippen LogP contribution in [0.1, 0.15) is 21.5 Å². The minimum Gasteiger partial charge on any atom is -0.389 e. The number of aromatic nitrogens is 1. The zero-order valence-corrected chi connectivity index (χ0v) is 11.3. The number of carbonyl (C=O) groups excluding carboxylic acids is 1. The topological polar surface area (TPSA) is 68.0 Å². The number of rotatable bonds is 4. The van der Waals surface area contributed by atoms with Gasteiger partial charge < -0.3 is 11.1 Å². The molecule has 1 heterocycles. The van der Waals surface area contributed by atoms with Crippen molar-refractivity contribution in [3.8, 4) is 0 Å². The zero-order chi connectivity index (χ0) is 14.5. The van der Waals surface area contributed by atoms with E-state index in [-0.39, 0.29) is 12.1 Å². The Kier molecular flexibility index (Phi) is 4.37. The highest BCUT2D eigenvalue weighted by molar-refractivity contribution is 7.80. The third-order valence-electron chi connectivity index (χ3n) is 2.71. The van der Waals surface area contributed by atoms with Gasteiger partial charge in [-0.05, 0) is 11.6 Å². The summed E-state index contributed by atoms with van der Waals surface area (Å²) in [7, 11) is 0. The number of nitrogens with two attached hydrogens (primary N) is 1. The Morgan fingerprint density at radius 1 is 1.30 bits per heavy atom. The molecule has 0 spiro atoms. The monoisotopic (exact) mass is 289 g/mol. The summed E-state index contributed by atoms with van der Waals surface area (Å²) in [4.78, 5) is 15.7. The van der Waals surface area contributed by atoms with Gasteiger partial charge in [0.25, 0.3) is 5.91 Å². The summed E-state index contributed by atoms with van der Waals surface area (Å²) in [5.41, 5.74) is 7.09. The zero-order valence-electron chi connectivity index (χ0n) is 10.5. The molecule has 6 heteroatoms. The normalized spacial score (nSPS) is 10.1. The molecule has 4 nitrogen and oxygen atoms in total. The summed E-state index contributed by atoms with van der Waals surface area (Å²) in [6, 6.07) is 8.49. The first kappa shape index (κ1) is 14.1. The molecule has 1 amide bonds. The van der Waals surface area contributed by atoms with Crippen LogP contribution in [0.25, 0.3) is 0 Å². The van der Waals surface area contributed by atoms with Gasteiger partial charge in [0.2, 0.25) is 0 Å². The van der Waals surface area contributed by atoms with E-state index < -0.39 is 11.7 Å². The van der Waals surface area contributed by atoms with Crippen LogP contribution in [0.3, 0.4) is 0 Å². The lowest BCUT2D eigenvalue weighted by Gasteiger charge is -2.06. The molecule has 0 saturated carbocycles. The van der Waals surface area contributed by atoms with Gasteiger partial charge in [-0.15, -0.1) is 0 Å². The average molecular weight is 289 g/mol. The molecule has 2 rings (SSSR count). The van der Waals surface area contributed by atoms with Gasteiger partial charge in [-0.2, -0.15) is 0 Å². The van der Waals surface area contributed by atoms with Gasteiger partial charge in [0, 0.05) is 18.3 Å². The lowest BCUT2D eigenvalue weighted by atomic mass is 10.1. The molecule has 20 heavy (non-hydrogen) atoms. The van der Waals surface area contributed by atoms with Crippen LogP contribution in [0.2, 0.25) is 0 Å². The van der Waals surface area contributed by atoms with Crippen LogP contribution >= 0.6 is 12.2 Å². The van der Waals surface area contributed by atoms with Crippen molar-refractivity contribution >= 4 is 23.1 Å². The molecule has 1 aromatic carbocycles. The van der Waals surface area contributed by atoms with Gasteiger partial charge in [-0.1, -0.05) is 36.5 Å². The van der Waals surface area contributed by atoms with E-state index >= 15 is 0 Å². The number of nitrogens with one attached hydrogen (secondary N) is 1. The predicted molar refractivity (Wildman–Crippen MR) is 77.7 cm³/mol. The fourth-order valence-electron chi connectivity index (χ4n) is 1.62. The molecule has 0 fully saturated rings. The SMILES string of the molecule is NC(=S)c1ccc(CNC(=O)c2ccncc2F)cc1. The van der Waals surface area contributed by atoms with Crippen molar-refractivity contribution in [1.29, 1.82) is 0 Å². The summed E-state index contributed by atoms with van der Waals surface area (Å²) in [5, 5.41) is 2.63. The molecule has 3 N–H and O–H groups in total. The highest BCUT2D eigenvalue weighted by atomic mass is 32.1. The molecule has 102 valence electrons. The van der Waals surface area contributed by atoms with E-state index in [1.807, 2.05) is 0 Å². The summed E-state index contributed by atoms with van der Waals surface area (Å²) in [6.45, 7) is 0.290. The molecule has 0 radical (unpaired) electrons. The Bertz CT molecular complexity index is 643. The van der Waals surface area contributed by atoms with Crippen LogP contribution in [0.15, 0.2) is 42.7 Å². The minimum atomic E-state index is -0.645. The number of carbonyl (C=O) groups is 1. The average Bonchev–Trinajstić information content (AvgIpc) is 2.45. The van der Waals surface area contributed by atoms with Gasteiger partial charge >= 0.3 is 0 Å². The summed E-state index contributed by atoms with van der Waals surface area (Å²) >= 11 is 4.85. The molecular formula is C14H12FN3OS. The third-order valence-corrected chi connectivity index (χ3v) is 2.94. The number of thiocarbonyl (C=S) groups is 1. The Morgan fingerprint density at radius 3 is 2.60 bits per heavy atom. The van der Waals surface area contributed by atoms with E-state index in [2.05, 4.69) is 10.3 Å². The van der Waals surface area contributed by atoms with Crippen LogP contribution in [0, 0.1) is 5.82 Å². The van der Waals surface area contributed by atoms with Gasteiger partial charge in [-0.3, -0.25) is 9.78 Å². The first-order valence-corrected chi connectivity index (χ1v) is 6.25. The Hall–Kier alpha value is -2.34.